The highest BCUT2D eigenvalue weighted by molar-refractivity contribution is 7.16. The third-order valence-corrected chi connectivity index (χ3v) is 4.09. The van der Waals surface area contributed by atoms with Crippen molar-refractivity contribution in [2.24, 2.45) is 0 Å². The van der Waals surface area contributed by atoms with Gasteiger partial charge in [-0.1, -0.05) is 13.8 Å². The van der Waals surface area contributed by atoms with E-state index in [1.54, 1.807) is 11.6 Å². The number of fused-ring (bicyclic) bond motifs is 1. The quantitative estimate of drug-likeness (QED) is 0.628. The number of nitrogens with one attached hydrogen (secondary N) is 1. The molecule has 2 rings (SSSR count). The number of aromatic nitrogens is 1. The van der Waals surface area contributed by atoms with Crippen LogP contribution in [-0.4, -0.2) is 41.0 Å². The lowest BCUT2D eigenvalue weighted by Crippen LogP contribution is -2.28. The molecule has 0 aliphatic carbocycles. The fourth-order valence-electron chi connectivity index (χ4n) is 2.13. The minimum absolute atomic E-state index is 0.0725. The minimum Gasteiger partial charge on any atom is -0.378 e. The lowest BCUT2D eigenvalue weighted by atomic mass is 10.2. The maximum atomic E-state index is 11.3. The Morgan fingerprint density at radius 3 is 2.80 bits per heavy atom. The number of nitro groups is 1. The average Bonchev–Trinajstić information content (AvgIpc) is 2.91. The number of hydrogen-bond acceptors (Lipinski definition) is 6. The van der Waals surface area contributed by atoms with Crippen LogP contribution in [0.5, 0.6) is 0 Å². The molecule has 0 aliphatic heterocycles. The molecule has 0 fully saturated rings. The summed E-state index contributed by atoms with van der Waals surface area (Å²) in [5.74, 6) is 0. The van der Waals surface area contributed by atoms with E-state index in [1.807, 2.05) is 6.07 Å². The smallest absolute Gasteiger partial charge is 0.319 e. The average molecular weight is 294 g/mol. The van der Waals surface area contributed by atoms with E-state index >= 15 is 0 Å². The Hall–Kier alpha value is -1.73. The molecule has 108 valence electrons. The van der Waals surface area contributed by atoms with E-state index in [4.69, 9.17) is 0 Å². The summed E-state index contributed by atoms with van der Waals surface area (Å²) in [6, 6.07) is 3.64. The minimum atomic E-state index is -0.359. The molecule has 1 N–H and O–H groups in total. The van der Waals surface area contributed by atoms with E-state index in [0.29, 0.717) is 17.7 Å². The highest BCUT2D eigenvalue weighted by atomic mass is 32.1. The molecule has 7 heteroatoms. The van der Waals surface area contributed by atoms with Crippen LogP contribution < -0.4 is 5.32 Å². The number of rotatable bonds is 7. The molecule has 0 bridgehead atoms. The summed E-state index contributed by atoms with van der Waals surface area (Å²) in [5.41, 5.74) is 2.72. The van der Waals surface area contributed by atoms with Crippen molar-refractivity contribution in [3.05, 3.63) is 27.8 Å². The number of thiazole rings is 1. The van der Waals surface area contributed by atoms with Gasteiger partial charge >= 0.3 is 5.69 Å². The Morgan fingerprint density at radius 2 is 2.15 bits per heavy atom. The van der Waals surface area contributed by atoms with Gasteiger partial charge in [0.25, 0.3) is 0 Å². The predicted molar refractivity (Wildman–Crippen MR) is 82.6 cm³/mol. The summed E-state index contributed by atoms with van der Waals surface area (Å²) in [4.78, 5) is 17.3. The molecule has 0 saturated carbocycles. The first-order chi connectivity index (χ1) is 9.67. The summed E-state index contributed by atoms with van der Waals surface area (Å²) in [5, 5.41) is 14.4. The Morgan fingerprint density at radius 1 is 1.40 bits per heavy atom. The molecular weight excluding hydrogens is 276 g/mol. The van der Waals surface area contributed by atoms with Crippen molar-refractivity contribution in [2.45, 2.75) is 13.8 Å². The van der Waals surface area contributed by atoms with Crippen LogP contribution in [0.4, 0.5) is 11.4 Å². The SMILES string of the molecule is CCN(CC)CCNc1ccc2scnc2c1[N+](=O)[O-]. The molecule has 2 aromatic rings. The monoisotopic (exact) mass is 294 g/mol. The number of benzene rings is 1. The number of hydrogen-bond donors (Lipinski definition) is 1. The van der Waals surface area contributed by atoms with Crippen LogP contribution in [-0.2, 0) is 0 Å². The van der Waals surface area contributed by atoms with E-state index in [0.717, 1.165) is 24.3 Å². The lowest BCUT2D eigenvalue weighted by Gasteiger charge is -2.18. The second-order valence-electron chi connectivity index (χ2n) is 4.37. The highest BCUT2D eigenvalue weighted by Gasteiger charge is 2.20. The zero-order valence-electron chi connectivity index (χ0n) is 11.6. The van der Waals surface area contributed by atoms with Gasteiger partial charge in [-0.05, 0) is 25.2 Å². The van der Waals surface area contributed by atoms with Crippen molar-refractivity contribution < 1.29 is 4.92 Å². The number of nitrogens with zero attached hydrogens (tertiary/aromatic N) is 3. The van der Waals surface area contributed by atoms with Gasteiger partial charge in [0.15, 0.2) is 5.52 Å². The normalized spacial score (nSPS) is 11.2. The van der Waals surface area contributed by atoms with E-state index in [9.17, 15) is 10.1 Å². The van der Waals surface area contributed by atoms with Crippen LogP contribution in [0.3, 0.4) is 0 Å². The molecule has 0 saturated heterocycles. The fraction of sp³-hybridized carbons (Fsp3) is 0.462. The van der Waals surface area contributed by atoms with E-state index in [2.05, 4.69) is 29.0 Å². The van der Waals surface area contributed by atoms with Gasteiger partial charge in [-0.25, -0.2) is 4.98 Å². The van der Waals surface area contributed by atoms with Gasteiger partial charge in [-0.2, -0.15) is 0 Å². The Kier molecular flexibility index (Phi) is 4.86. The number of likely N-dealkylation sites (N-methyl/N-ethyl adjacent to an activating group) is 1. The summed E-state index contributed by atoms with van der Waals surface area (Å²) in [6.07, 6.45) is 0. The maximum absolute atomic E-state index is 11.3. The predicted octanol–water partition coefficient (Wildman–Crippen LogP) is 2.96. The van der Waals surface area contributed by atoms with Gasteiger partial charge < -0.3 is 10.2 Å². The van der Waals surface area contributed by atoms with E-state index in [1.165, 1.54) is 11.3 Å². The van der Waals surface area contributed by atoms with E-state index in [-0.39, 0.29) is 10.6 Å². The second kappa shape index (κ2) is 6.62. The first kappa shape index (κ1) is 14.7. The summed E-state index contributed by atoms with van der Waals surface area (Å²) in [7, 11) is 0. The van der Waals surface area contributed by atoms with Gasteiger partial charge in [0.2, 0.25) is 0 Å². The first-order valence-corrected chi connectivity index (χ1v) is 7.52. The molecule has 0 spiro atoms. The molecular formula is C13H18N4O2S. The van der Waals surface area contributed by atoms with Crippen LogP contribution in [0.15, 0.2) is 17.6 Å². The topological polar surface area (TPSA) is 71.3 Å². The molecule has 1 heterocycles. The molecule has 0 aliphatic rings. The van der Waals surface area contributed by atoms with Gasteiger partial charge in [-0.15, -0.1) is 11.3 Å². The van der Waals surface area contributed by atoms with Crippen molar-refractivity contribution in [1.82, 2.24) is 9.88 Å². The molecule has 0 amide bonds. The number of anilines is 1. The number of nitro benzene ring substituents is 1. The van der Waals surface area contributed by atoms with Crippen molar-refractivity contribution in [1.29, 1.82) is 0 Å². The molecule has 1 aromatic heterocycles. The second-order valence-corrected chi connectivity index (χ2v) is 5.26. The van der Waals surface area contributed by atoms with Crippen LogP contribution in [0, 0.1) is 10.1 Å². The van der Waals surface area contributed by atoms with Crippen molar-refractivity contribution in [2.75, 3.05) is 31.5 Å². The third kappa shape index (κ3) is 3.05. The molecule has 0 radical (unpaired) electrons. The zero-order valence-corrected chi connectivity index (χ0v) is 12.4. The maximum Gasteiger partial charge on any atom is 0.319 e. The Balaban J connectivity index is 2.17. The van der Waals surface area contributed by atoms with Crippen LogP contribution >= 0.6 is 11.3 Å². The summed E-state index contributed by atoms with van der Waals surface area (Å²) < 4.78 is 0.839. The molecule has 20 heavy (non-hydrogen) atoms. The van der Waals surface area contributed by atoms with Crippen molar-refractivity contribution >= 4 is 32.9 Å². The van der Waals surface area contributed by atoms with Gasteiger partial charge in [-0.3, -0.25) is 10.1 Å². The Labute approximate surface area is 121 Å². The van der Waals surface area contributed by atoms with Gasteiger partial charge in [0.05, 0.1) is 15.1 Å². The van der Waals surface area contributed by atoms with Crippen molar-refractivity contribution in [3.63, 3.8) is 0 Å². The summed E-state index contributed by atoms with van der Waals surface area (Å²) in [6.45, 7) is 7.70. The molecule has 0 unspecified atom stereocenters. The van der Waals surface area contributed by atoms with E-state index < -0.39 is 0 Å². The fourth-order valence-corrected chi connectivity index (χ4v) is 2.81. The standard InChI is InChI=1S/C13H18N4O2S/c1-3-16(4-2)8-7-14-10-5-6-11-12(15-9-20-11)13(10)17(18)19/h5-6,9,14H,3-4,7-8H2,1-2H3. The third-order valence-electron chi connectivity index (χ3n) is 3.30. The largest absolute Gasteiger partial charge is 0.378 e. The van der Waals surface area contributed by atoms with Crippen molar-refractivity contribution in [3.8, 4) is 0 Å². The van der Waals surface area contributed by atoms with Gasteiger partial charge in [0, 0.05) is 13.1 Å². The lowest BCUT2D eigenvalue weighted by molar-refractivity contribution is -0.382. The van der Waals surface area contributed by atoms with Crippen LogP contribution in [0.2, 0.25) is 0 Å². The summed E-state index contributed by atoms with van der Waals surface area (Å²) >= 11 is 1.41. The molecule has 0 atom stereocenters. The Bertz CT molecular complexity index is 595. The molecule has 1 aromatic carbocycles. The van der Waals surface area contributed by atoms with Crippen LogP contribution in [0.25, 0.3) is 10.2 Å². The zero-order chi connectivity index (χ0) is 14.5. The molecule has 6 nitrogen and oxygen atoms in total. The van der Waals surface area contributed by atoms with Crippen LogP contribution in [0.1, 0.15) is 13.8 Å². The first-order valence-electron chi connectivity index (χ1n) is 6.64. The van der Waals surface area contributed by atoms with Gasteiger partial charge in [0.1, 0.15) is 5.69 Å². The highest BCUT2D eigenvalue weighted by Crippen LogP contribution is 2.34.